The summed E-state index contributed by atoms with van der Waals surface area (Å²) >= 11 is 0. The molecule has 0 aliphatic heterocycles. The first-order valence-corrected chi connectivity index (χ1v) is 3.89. The number of hydrogen-bond acceptors (Lipinski definition) is 1. The average molecular weight is 186 g/mol. The molecule has 0 fully saturated rings. The third kappa shape index (κ3) is 1.62. The number of aromatic carboxylic acids is 1. The van der Waals surface area contributed by atoms with E-state index in [-0.39, 0.29) is 5.56 Å². The Labute approximate surface area is 71.6 Å². The standard InChI is InChI=1S/C8H8FO2P/c1-4-2-5(8(10)11)6(9)3-7(4)12/h2-3H,12H2,1H3,(H,10,11). The summed E-state index contributed by atoms with van der Waals surface area (Å²) in [5.74, 6) is -1.93. The van der Waals surface area contributed by atoms with E-state index in [1.807, 2.05) is 0 Å². The number of benzene rings is 1. The molecule has 2 nitrogen and oxygen atoms in total. The Hall–Kier alpha value is -0.950. The predicted octanol–water partition coefficient (Wildman–Crippen LogP) is 1.33. The van der Waals surface area contributed by atoms with Crippen LogP contribution in [0, 0.1) is 12.7 Å². The summed E-state index contributed by atoms with van der Waals surface area (Å²) in [6, 6.07) is 2.52. The molecule has 0 aromatic heterocycles. The number of aryl methyl sites for hydroxylation is 1. The van der Waals surface area contributed by atoms with Gasteiger partial charge < -0.3 is 5.11 Å². The largest absolute Gasteiger partial charge is 0.478 e. The molecule has 1 N–H and O–H groups in total. The minimum Gasteiger partial charge on any atom is -0.478 e. The molecule has 12 heavy (non-hydrogen) atoms. The minimum absolute atomic E-state index is 0.279. The lowest BCUT2D eigenvalue weighted by molar-refractivity contribution is 0.0692. The van der Waals surface area contributed by atoms with Gasteiger partial charge in [0.1, 0.15) is 5.82 Å². The molecule has 0 bridgehead atoms. The van der Waals surface area contributed by atoms with Gasteiger partial charge in [-0.2, -0.15) is 0 Å². The van der Waals surface area contributed by atoms with Gasteiger partial charge in [0, 0.05) is 0 Å². The summed E-state index contributed by atoms with van der Waals surface area (Å²) < 4.78 is 12.9. The highest BCUT2D eigenvalue weighted by Crippen LogP contribution is 2.10. The highest BCUT2D eigenvalue weighted by Gasteiger charge is 2.10. The molecule has 4 heteroatoms. The summed E-state index contributed by atoms with van der Waals surface area (Å²) in [7, 11) is 2.34. The lowest BCUT2D eigenvalue weighted by atomic mass is 10.1. The summed E-state index contributed by atoms with van der Waals surface area (Å²) in [4.78, 5) is 10.4. The van der Waals surface area contributed by atoms with Crippen molar-refractivity contribution in [1.82, 2.24) is 0 Å². The monoisotopic (exact) mass is 186 g/mol. The normalized spacial score (nSPS) is 9.92. The molecule has 1 atom stereocenters. The van der Waals surface area contributed by atoms with Crippen molar-refractivity contribution in [2.45, 2.75) is 6.92 Å². The van der Waals surface area contributed by atoms with Gasteiger partial charge in [-0.15, -0.1) is 9.24 Å². The van der Waals surface area contributed by atoms with E-state index in [4.69, 9.17) is 5.11 Å². The highest BCUT2D eigenvalue weighted by molar-refractivity contribution is 7.27. The SMILES string of the molecule is Cc1cc(C(=O)O)c(F)cc1P. The fraction of sp³-hybridized carbons (Fsp3) is 0.125. The van der Waals surface area contributed by atoms with Crippen molar-refractivity contribution < 1.29 is 14.3 Å². The first kappa shape index (κ1) is 9.14. The van der Waals surface area contributed by atoms with Gasteiger partial charge in [0.25, 0.3) is 0 Å². The summed E-state index contributed by atoms with van der Waals surface area (Å²) in [6.07, 6.45) is 0. The van der Waals surface area contributed by atoms with Crippen molar-refractivity contribution in [3.8, 4) is 0 Å². The molecule has 0 aliphatic rings. The molecule has 64 valence electrons. The first-order valence-electron chi connectivity index (χ1n) is 3.31. The van der Waals surface area contributed by atoms with E-state index in [9.17, 15) is 9.18 Å². The summed E-state index contributed by atoms with van der Waals surface area (Å²) in [5.41, 5.74) is 0.470. The molecule has 0 radical (unpaired) electrons. The van der Waals surface area contributed by atoms with E-state index in [1.165, 1.54) is 12.1 Å². The maximum atomic E-state index is 12.9. The van der Waals surface area contributed by atoms with Gasteiger partial charge >= 0.3 is 5.97 Å². The van der Waals surface area contributed by atoms with Crippen LogP contribution in [-0.2, 0) is 0 Å². The molecule has 0 spiro atoms. The average Bonchev–Trinajstić information content (AvgIpc) is 1.96. The van der Waals surface area contributed by atoms with Crippen LogP contribution in [0.5, 0.6) is 0 Å². The van der Waals surface area contributed by atoms with Crippen LogP contribution in [0.25, 0.3) is 0 Å². The molecule has 1 rings (SSSR count). The zero-order chi connectivity index (χ0) is 9.30. The second-order valence-corrected chi connectivity index (χ2v) is 3.12. The van der Waals surface area contributed by atoms with E-state index >= 15 is 0 Å². The molecule has 0 amide bonds. The van der Waals surface area contributed by atoms with Crippen LogP contribution in [0.2, 0.25) is 0 Å². The van der Waals surface area contributed by atoms with Crippen molar-refractivity contribution in [3.05, 3.63) is 29.1 Å². The number of halogens is 1. The van der Waals surface area contributed by atoms with Gasteiger partial charge in [-0.3, -0.25) is 0 Å². The fourth-order valence-corrected chi connectivity index (χ4v) is 1.09. The summed E-state index contributed by atoms with van der Waals surface area (Å²) in [6.45, 7) is 1.73. The van der Waals surface area contributed by atoms with Gasteiger partial charge in [-0.05, 0) is 29.9 Å². The van der Waals surface area contributed by atoms with Crippen LogP contribution in [0.4, 0.5) is 4.39 Å². The lowest BCUT2D eigenvalue weighted by Crippen LogP contribution is -2.07. The second-order valence-electron chi connectivity index (χ2n) is 2.49. The van der Waals surface area contributed by atoms with Crippen LogP contribution in [0.15, 0.2) is 12.1 Å². The smallest absolute Gasteiger partial charge is 0.338 e. The van der Waals surface area contributed by atoms with Crippen molar-refractivity contribution >= 4 is 20.5 Å². The Morgan fingerprint density at radius 3 is 2.67 bits per heavy atom. The first-order chi connectivity index (χ1) is 5.52. The zero-order valence-corrected chi connectivity index (χ0v) is 7.62. The van der Waals surface area contributed by atoms with Gasteiger partial charge in [0.05, 0.1) is 5.56 Å². The van der Waals surface area contributed by atoms with Crippen molar-refractivity contribution in [2.24, 2.45) is 0 Å². The Morgan fingerprint density at radius 2 is 2.17 bits per heavy atom. The molecule has 0 saturated heterocycles. The topological polar surface area (TPSA) is 37.3 Å². The molecule has 1 aromatic carbocycles. The van der Waals surface area contributed by atoms with Crippen LogP contribution in [0.1, 0.15) is 15.9 Å². The molecule has 0 aliphatic carbocycles. The van der Waals surface area contributed by atoms with Crippen LogP contribution in [0.3, 0.4) is 0 Å². The number of carbonyl (C=O) groups is 1. The molecular formula is C8H8FO2P. The van der Waals surface area contributed by atoms with E-state index in [0.29, 0.717) is 5.30 Å². The molecule has 1 aromatic rings. The molecule has 0 saturated carbocycles. The Kier molecular flexibility index (Phi) is 2.43. The number of hydrogen-bond donors (Lipinski definition) is 1. The Bertz CT molecular complexity index is 336. The van der Waals surface area contributed by atoms with Gasteiger partial charge in [-0.25, -0.2) is 9.18 Å². The predicted molar refractivity (Wildman–Crippen MR) is 47.4 cm³/mol. The van der Waals surface area contributed by atoms with Crippen molar-refractivity contribution in [2.75, 3.05) is 0 Å². The molecule has 0 heterocycles. The fourth-order valence-electron chi connectivity index (χ4n) is 0.861. The Morgan fingerprint density at radius 1 is 1.58 bits per heavy atom. The third-order valence-corrected chi connectivity index (χ3v) is 2.21. The zero-order valence-electron chi connectivity index (χ0n) is 6.47. The second kappa shape index (κ2) is 3.20. The molecular weight excluding hydrogens is 178 g/mol. The van der Waals surface area contributed by atoms with Crippen LogP contribution >= 0.6 is 9.24 Å². The highest BCUT2D eigenvalue weighted by atomic mass is 31.0. The maximum Gasteiger partial charge on any atom is 0.338 e. The van der Waals surface area contributed by atoms with Crippen LogP contribution in [-0.4, -0.2) is 11.1 Å². The lowest BCUT2D eigenvalue weighted by Gasteiger charge is -2.02. The number of carboxylic acids is 1. The van der Waals surface area contributed by atoms with Gasteiger partial charge in [0.15, 0.2) is 0 Å². The van der Waals surface area contributed by atoms with Gasteiger partial charge in [-0.1, -0.05) is 0 Å². The van der Waals surface area contributed by atoms with E-state index < -0.39 is 11.8 Å². The maximum absolute atomic E-state index is 12.9. The quantitative estimate of drug-likeness (QED) is 0.672. The summed E-state index contributed by atoms with van der Waals surface area (Å²) in [5, 5.41) is 9.21. The van der Waals surface area contributed by atoms with Gasteiger partial charge in [0.2, 0.25) is 0 Å². The Balaban J connectivity index is 3.33. The number of rotatable bonds is 1. The van der Waals surface area contributed by atoms with Crippen LogP contribution < -0.4 is 5.30 Å². The van der Waals surface area contributed by atoms with E-state index in [1.54, 1.807) is 6.92 Å². The minimum atomic E-state index is -1.24. The van der Waals surface area contributed by atoms with E-state index in [0.717, 1.165) is 5.56 Å². The number of carboxylic acid groups (broad SMARTS) is 1. The third-order valence-electron chi connectivity index (χ3n) is 1.59. The molecule has 1 unspecified atom stereocenters. The van der Waals surface area contributed by atoms with Crippen molar-refractivity contribution in [1.29, 1.82) is 0 Å². The van der Waals surface area contributed by atoms with E-state index in [2.05, 4.69) is 9.24 Å². The van der Waals surface area contributed by atoms with Crippen molar-refractivity contribution in [3.63, 3.8) is 0 Å².